The summed E-state index contributed by atoms with van der Waals surface area (Å²) < 4.78 is 24.5. The van der Waals surface area contributed by atoms with E-state index in [9.17, 15) is 19.1 Å². The molecule has 174 valence electrons. The summed E-state index contributed by atoms with van der Waals surface area (Å²) in [6.45, 7) is 0.159. The van der Waals surface area contributed by atoms with E-state index in [0.717, 1.165) is 12.1 Å². The highest BCUT2D eigenvalue weighted by atomic mass is 35.5. The molecule has 0 aromatic heterocycles. The van der Waals surface area contributed by atoms with Crippen molar-refractivity contribution >= 4 is 52.8 Å². The highest BCUT2D eigenvalue weighted by Crippen LogP contribution is 2.42. The summed E-state index contributed by atoms with van der Waals surface area (Å²) in [6, 6.07) is 15.3. The molecule has 9 heteroatoms. The minimum Gasteiger partial charge on any atom is -0.489 e. The van der Waals surface area contributed by atoms with E-state index in [0.29, 0.717) is 26.9 Å². The molecule has 4 rings (SSSR count). The van der Waals surface area contributed by atoms with Gasteiger partial charge >= 0.3 is 11.9 Å². The second kappa shape index (κ2) is 10.1. The maximum absolute atomic E-state index is 13.4. The van der Waals surface area contributed by atoms with Gasteiger partial charge in [0.05, 0.1) is 10.6 Å². The van der Waals surface area contributed by atoms with Crippen LogP contribution >= 0.6 is 34.8 Å². The normalized spacial score (nSPS) is 18.7. The number of hydrogen-bond donors (Lipinski definition) is 1. The molecule has 1 fully saturated rings. The van der Waals surface area contributed by atoms with Crippen LogP contribution in [0.4, 0.5) is 4.39 Å². The minimum atomic E-state index is -1.31. The van der Waals surface area contributed by atoms with Gasteiger partial charge in [0.25, 0.3) is 0 Å². The van der Waals surface area contributed by atoms with E-state index in [-0.39, 0.29) is 22.8 Å². The molecule has 3 aromatic carbocycles. The summed E-state index contributed by atoms with van der Waals surface area (Å²) in [5, 5.41) is 10.7. The largest absolute Gasteiger partial charge is 0.489 e. The highest BCUT2D eigenvalue weighted by molar-refractivity contribution is 6.36. The third-order valence-electron chi connectivity index (χ3n) is 5.29. The smallest absolute Gasteiger partial charge is 0.335 e. The van der Waals surface area contributed by atoms with E-state index in [2.05, 4.69) is 0 Å². The van der Waals surface area contributed by atoms with Gasteiger partial charge in [0, 0.05) is 21.2 Å². The van der Waals surface area contributed by atoms with Gasteiger partial charge in [-0.3, -0.25) is 4.79 Å². The van der Waals surface area contributed by atoms with Crippen LogP contribution in [0, 0.1) is 11.7 Å². The molecule has 34 heavy (non-hydrogen) atoms. The van der Waals surface area contributed by atoms with E-state index in [1.807, 2.05) is 0 Å². The summed E-state index contributed by atoms with van der Waals surface area (Å²) in [5.41, 5.74) is 1.39. The molecule has 1 aliphatic heterocycles. The van der Waals surface area contributed by atoms with Gasteiger partial charge in [-0.1, -0.05) is 59.1 Å². The van der Waals surface area contributed by atoms with Crippen LogP contribution < -0.4 is 4.74 Å². The zero-order chi connectivity index (χ0) is 24.4. The van der Waals surface area contributed by atoms with Crippen LogP contribution in [-0.2, 0) is 20.9 Å². The SMILES string of the molecule is O=C1OC(c2ccc(F)cc2Cl)C(C(=O)O)/C1=C/c1ccc(OCc2c(Cl)cccc2Cl)cc1. The van der Waals surface area contributed by atoms with E-state index >= 15 is 0 Å². The van der Waals surface area contributed by atoms with Gasteiger partial charge in [0.1, 0.15) is 30.2 Å². The lowest BCUT2D eigenvalue weighted by atomic mass is 9.90. The van der Waals surface area contributed by atoms with Crippen LogP contribution in [0.3, 0.4) is 0 Å². The summed E-state index contributed by atoms with van der Waals surface area (Å²) in [6.07, 6.45) is 0.264. The average Bonchev–Trinajstić information content (AvgIpc) is 3.10. The molecule has 0 bridgehead atoms. The van der Waals surface area contributed by atoms with E-state index in [1.54, 1.807) is 42.5 Å². The molecule has 2 unspecified atom stereocenters. The van der Waals surface area contributed by atoms with Crippen molar-refractivity contribution in [1.82, 2.24) is 0 Å². The van der Waals surface area contributed by atoms with Crippen molar-refractivity contribution in [3.63, 3.8) is 0 Å². The van der Waals surface area contributed by atoms with Gasteiger partial charge in [0.2, 0.25) is 0 Å². The first-order valence-electron chi connectivity index (χ1n) is 10.0. The van der Waals surface area contributed by atoms with Crippen molar-refractivity contribution in [3.8, 4) is 5.75 Å². The number of carboxylic acids is 1. The number of ether oxygens (including phenoxy) is 2. The van der Waals surface area contributed by atoms with Crippen LogP contribution in [-0.4, -0.2) is 17.0 Å². The van der Waals surface area contributed by atoms with Crippen LogP contribution in [0.1, 0.15) is 22.8 Å². The molecular weight excluding hydrogens is 506 g/mol. The van der Waals surface area contributed by atoms with E-state index in [1.165, 1.54) is 12.1 Å². The Morgan fingerprint density at radius 2 is 1.71 bits per heavy atom. The average molecular weight is 522 g/mol. The Bertz CT molecular complexity index is 1270. The molecule has 0 aliphatic carbocycles. The minimum absolute atomic E-state index is 0.0228. The van der Waals surface area contributed by atoms with Crippen LogP contribution in [0.25, 0.3) is 6.08 Å². The maximum Gasteiger partial charge on any atom is 0.335 e. The molecule has 0 spiro atoms. The predicted molar refractivity (Wildman–Crippen MR) is 127 cm³/mol. The number of esters is 1. The van der Waals surface area contributed by atoms with Crippen molar-refractivity contribution in [2.45, 2.75) is 12.7 Å². The van der Waals surface area contributed by atoms with Gasteiger partial charge in [-0.05, 0) is 48.0 Å². The van der Waals surface area contributed by atoms with Gasteiger partial charge < -0.3 is 14.6 Å². The van der Waals surface area contributed by atoms with Crippen molar-refractivity contribution in [1.29, 1.82) is 0 Å². The van der Waals surface area contributed by atoms with Gasteiger partial charge in [-0.25, -0.2) is 9.18 Å². The molecule has 3 aromatic rings. The first kappa shape index (κ1) is 24.1. The maximum atomic E-state index is 13.4. The van der Waals surface area contributed by atoms with E-state index < -0.39 is 29.8 Å². The molecule has 0 radical (unpaired) electrons. The fraction of sp³-hybridized carbons (Fsp3) is 0.120. The summed E-state index contributed by atoms with van der Waals surface area (Å²) in [4.78, 5) is 24.5. The monoisotopic (exact) mass is 520 g/mol. The molecule has 1 heterocycles. The fourth-order valence-corrected chi connectivity index (χ4v) is 4.37. The van der Waals surface area contributed by atoms with Gasteiger partial charge in [0.15, 0.2) is 0 Å². The lowest BCUT2D eigenvalue weighted by Gasteiger charge is -2.16. The second-order valence-electron chi connectivity index (χ2n) is 7.47. The third kappa shape index (κ3) is 5.04. The van der Waals surface area contributed by atoms with Crippen molar-refractivity contribution in [2.24, 2.45) is 5.92 Å². The first-order chi connectivity index (χ1) is 16.2. The lowest BCUT2D eigenvalue weighted by Crippen LogP contribution is -2.19. The number of aliphatic carboxylic acids is 1. The van der Waals surface area contributed by atoms with Crippen LogP contribution in [0.2, 0.25) is 15.1 Å². The van der Waals surface area contributed by atoms with E-state index in [4.69, 9.17) is 44.3 Å². The molecule has 1 N–H and O–H groups in total. The predicted octanol–water partition coefficient (Wildman–Crippen LogP) is 6.75. The summed E-state index contributed by atoms with van der Waals surface area (Å²) in [5.74, 6) is -3.42. The molecule has 0 amide bonds. The van der Waals surface area contributed by atoms with Crippen molar-refractivity contribution in [2.75, 3.05) is 0 Å². The first-order valence-corrected chi connectivity index (χ1v) is 11.1. The van der Waals surface area contributed by atoms with Crippen LogP contribution in [0.5, 0.6) is 5.75 Å². The Morgan fingerprint density at radius 3 is 2.32 bits per heavy atom. The Balaban J connectivity index is 1.55. The Kier molecular flexibility index (Phi) is 7.12. The number of halogens is 4. The zero-order valence-corrected chi connectivity index (χ0v) is 19.6. The van der Waals surface area contributed by atoms with Crippen molar-refractivity contribution in [3.05, 3.63) is 104 Å². The number of carbonyl (C=O) groups excluding carboxylic acids is 1. The Hall–Kier alpha value is -3.06. The molecule has 2 atom stereocenters. The molecule has 0 saturated carbocycles. The zero-order valence-electron chi connectivity index (χ0n) is 17.3. The fourth-order valence-electron chi connectivity index (χ4n) is 3.59. The topological polar surface area (TPSA) is 72.8 Å². The Labute approximate surface area is 209 Å². The lowest BCUT2D eigenvalue weighted by molar-refractivity contribution is -0.144. The van der Waals surface area contributed by atoms with Crippen molar-refractivity contribution < 1.29 is 28.6 Å². The number of hydrogen-bond acceptors (Lipinski definition) is 4. The Morgan fingerprint density at radius 1 is 1.03 bits per heavy atom. The number of cyclic esters (lactones) is 1. The number of carbonyl (C=O) groups is 2. The summed E-state index contributed by atoms with van der Waals surface area (Å²) >= 11 is 18.4. The quantitative estimate of drug-likeness (QED) is 0.287. The second-order valence-corrected chi connectivity index (χ2v) is 8.69. The number of rotatable bonds is 6. The standard InChI is InChI=1S/C25H16Cl3FO5/c26-19-2-1-3-20(27)18(19)12-33-15-7-4-13(5-8-15)10-17-22(24(30)31)23(34-25(17)32)16-9-6-14(29)11-21(16)28/h1-11,22-23H,12H2,(H,30,31)/b17-10-. The van der Waals surface area contributed by atoms with Gasteiger partial charge in [-0.15, -0.1) is 0 Å². The third-order valence-corrected chi connectivity index (χ3v) is 6.33. The van der Waals surface area contributed by atoms with Gasteiger partial charge in [-0.2, -0.15) is 0 Å². The molecule has 5 nitrogen and oxygen atoms in total. The number of benzene rings is 3. The number of carboxylic acid groups (broad SMARTS) is 1. The summed E-state index contributed by atoms with van der Waals surface area (Å²) in [7, 11) is 0. The van der Waals surface area contributed by atoms with Crippen LogP contribution in [0.15, 0.2) is 66.2 Å². The molecule has 1 saturated heterocycles. The highest BCUT2D eigenvalue weighted by Gasteiger charge is 2.46. The molecule has 1 aliphatic rings. The molecular formula is C25H16Cl3FO5.